The maximum atomic E-state index is 13.5. The molecule has 6 heteroatoms. The second-order valence-electron chi connectivity index (χ2n) is 8.47. The number of aromatic nitrogens is 1. The second-order valence-corrected chi connectivity index (χ2v) is 9.45. The number of aryl methyl sites for hydroxylation is 2. The summed E-state index contributed by atoms with van der Waals surface area (Å²) in [5, 5.41) is 0.642. The monoisotopic (exact) mass is 484 g/mol. The molecule has 1 aromatic heterocycles. The summed E-state index contributed by atoms with van der Waals surface area (Å²) in [6.45, 7) is 10.1. The van der Waals surface area contributed by atoms with Crippen molar-refractivity contribution in [3.63, 3.8) is 0 Å². The van der Waals surface area contributed by atoms with Crippen LogP contribution in [0.2, 0.25) is 0 Å². The summed E-state index contributed by atoms with van der Waals surface area (Å²) in [4.78, 5) is 7.31. The van der Waals surface area contributed by atoms with E-state index in [9.17, 15) is 4.39 Å². The van der Waals surface area contributed by atoms with Crippen molar-refractivity contribution in [3.8, 4) is 0 Å². The molecule has 178 valence electrons. The van der Waals surface area contributed by atoms with E-state index < -0.39 is 0 Å². The molecule has 4 N–H and O–H groups in total. The van der Waals surface area contributed by atoms with E-state index in [-0.39, 0.29) is 11.9 Å². The Labute approximate surface area is 210 Å². The first kappa shape index (κ1) is 24.2. The Morgan fingerprint density at radius 1 is 0.943 bits per heavy atom. The van der Waals surface area contributed by atoms with Crippen molar-refractivity contribution in [2.24, 2.45) is 5.73 Å². The van der Waals surface area contributed by atoms with E-state index in [1.165, 1.54) is 34.6 Å². The third-order valence-corrected chi connectivity index (χ3v) is 7.13. The lowest BCUT2D eigenvalue weighted by Crippen LogP contribution is -2.32. The minimum atomic E-state index is -0.312. The lowest BCUT2D eigenvalue weighted by molar-refractivity contribution is 0.627. The number of rotatable bonds is 9. The molecule has 3 aromatic carbocycles. The van der Waals surface area contributed by atoms with Gasteiger partial charge in [0.25, 0.3) is 0 Å². The Morgan fingerprint density at radius 2 is 1.54 bits per heavy atom. The van der Waals surface area contributed by atoms with Crippen molar-refractivity contribution in [1.82, 2.24) is 4.98 Å². The van der Waals surface area contributed by atoms with E-state index in [2.05, 4.69) is 66.7 Å². The molecule has 1 unspecified atom stereocenters. The van der Waals surface area contributed by atoms with Crippen LogP contribution in [0.3, 0.4) is 0 Å². The first-order valence-electron chi connectivity index (χ1n) is 11.4. The predicted octanol–water partition coefficient (Wildman–Crippen LogP) is 6.71. The number of thiazole rings is 1. The average molecular weight is 485 g/mol. The van der Waals surface area contributed by atoms with E-state index >= 15 is 0 Å². The molecule has 35 heavy (non-hydrogen) atoms. The van der Waals surface area contributed by atoms with Gasteiger partial charge in [-0.1, -0.05) is 79.1 Å². The summed E-state index contributed by atoms with van der Waals surface area (Å²) >= 11 is 1.43. The Balaban J connectivity index is 1.56. The third-order valence-electron chi connectivity index (χ3n) is 6.00. The highest BCUT2D eigenvalue weighted by Gasteiger charge is 2.24. The lowest BCUT2D eigenvalue weighted by Gasteiger charge is -2.29. The predicted molar refractivity (Wildman–Crippen MR) is 146 cm³/mol. The quantitative estimate of drug-likeness (QED) is 0.277. The molecular weight excluding hydrogens is 455 g/mol. The van der Waals surface area contributed by atoms with Crippen molar-refractivity contribution in [3.05, 3.63) is 125 Å². The minimum absolute atomic E-state index is 0.268. The number of benzene rings is 3. The normalized spacial score (nSPS) is 11.7. The van der Waals surface area contributed by atoms with Gasteiger partial charge in [-0.05, 0) is 66.3 Å². The maximum Gasteiger partial charge on any atom is 0.193 e. The number of hydrogen-bond donors (Lipinski definition) is 2. The molecule has 0 aliphatic heterocycles. The van der Waals surface area contributed by atoms with Gasteiger partial charge in [0.1, 0.15) is 11.6 Å². The van der Waals surface area contributed by atoms with E-state index in [1.807, 2.05) is 17.9 Å². The largest absolute Gasteiger partial charge is 0.401 e. The van der Waals surface area contributed by atoms with E-state index in [1.54, 1.807) is 12.1 Å². The third kappa shape index (κ3) is 5.61. The van der Waals surface area contributed by atoms with Crippen LogP contribution in [-0.4, -0.2) is 11.0 Å². The Hall–Kier alpha value is -3.90. The summed E-state index contributed by atoms with van der Waals surface area (Å²) in [6.07, 6.45) is 1.97. The van der Waals surface area contributed by atoms with Gasteiger partial charge in [-0.25, -0.2) is 9.37 Å². The summed E-state index contributed by atoms with van der Waals surface area (Å²) in [5.74, 6) is 0.0814. The van der Waals surface area contributed by atoms with Crippen LogP contribution in [0.15, 0.2) is 97.7 Å². The number of nitrogens with two attached hydrogens (primary N) is 2. The first-order valence-corrected chi connectivity index (χ1v) is 12.2. The number of nitrogen functional groups attached to an aromatic ring is 1. The molecule has 0 fully saturated rings. The molecule has 0 aliphatic carbocycles. The highest BCUT2D eigenvalue weighted by Crippen LogP contribution is 2.40. The van der Waals surface area contributed by atoms with Gasteiger partial charge in [0, 0.05) is 11.4 Å². The maximum absolute atomic E-state index is 13.5. The van der Waals surface area contributed by atoms with Crippen molar-refractivity contribution < 1.29 is 4.39 Å². The first-order chi connectivity index (χ1) is 16.8. The molecule has 0 amide bonds. The fraction of sp³-hybridized carbons (Fsp3) is 0.138. The van der Waals surface area contributed by atoms with E-state index in [4.69, 9.17) is 11.5 Å². The van der Waals surface area contributed by atoms with Crippen LogP contribution in [-0.2, 0) is 12.8 Å². The molecule has 0 spiro atoms. The number of nitrogens with zero attached hydrogens (tertiary/aromatic N) is 2. The Kier molecular flexibility index (Phi) is 7.32. The molecule has 1 atom stereocenters. The van der Waals surface area contributed by atoms with Crippen LogP contribution in [0.5, 0.6) is 0 Å². The minimum Gasteiger partial charge on any atom is -0.401 e. The van der Waals surface area contributed by atoms with Crippen molar-refractivity contribution >= 4 is 33.5 Å². The zero-order valence-electron chi connectivity index (χ0n) is 19.7. The van der Waals surface area contributed by atoms with Gasteiger partial charge in [-0.3, -0.25) is 0 Å². The van der Waals surface area contributed by atoms with Gasteiger partial charge in [-0.15, -0.1) is 0 Å². The average Bonchev–Trinajstić information content (AvgIpc) is 3.25. The fourth-order valence-electron chi connectivity index (χ4n) is 3.84. The van der Waals surface area contributed by atoms with Crippen LogP contribution in [0.25, 0.3) is 5.57 Å². The molecule has 4 rings (SSSR count). The lowest BCUT2D eigenvalue weighted by atomic mass is 10.0. The van der Waals surface area contributed by atoms with Gasteiger partial charge in [0.05, 0.1) is 10.9 Å². The summed E-state index contributed by atoms with van der Waals surface area (Å²) in [5.41, 5.74) is 18.0. The topological polar surface area (TPSA) is 68.2 Å². The second kappa shape index (κ2) is 10.6. The van der Waals surface area contributed by atoms with Gasteiger partial charge < -0.3 is 16.4 Å². The van der Waals surface area contributed by atoms with Gasteiger partial charge in [-0.2, -0.15) is 0 Å². The number of hydrogen-bond acceptors (Lipinski definition) is 5. The fourth-order valence-corrected chi connectivity index (χ4v) is 4.92. The number of anilines is 3. The van der Waals surface area contributed by atoms with Crippen molar-refractivity contribution in [1.29, 1.82) is 0 Å². The highest BCUT2D eigenvalue weighted by atomic mass is 32.1. The van der Waals surface area contributed by atoms with Crippen LogP contribution < -0.4 is 16.4 Å². The van der Waals surface area contributed by atoms with Gasteiger partial charge >= 0.3 is 0 Å². The molecule has 0 aliphatic rings. The standard InChI is InChI=1S/C29H29FN4S/c1-19(24-13-11-23(12-14-24)10-9-22-7-5-4-6-8-22)27-28(32)33-29(35-27)34(21(3)20(2)31)26-17-15-25(30)16-18-26/h4-8,11-18,21H,1-2,9-10,31-32H2,3H3. The van der Waals surface area contributed by atoms with E-state index in [0.717, 1.165) is 34.5 Å². The van der Waals surface area contributed by atoms with Gasteiger partial charge in [0.15, 0.2) is 5.13 Å². The number of halogens is 1. The van der Waals surface area contributed by atoms with Crippen molar-refractivity contribution in [2.75, 3.05) is 10.6 Å². The Bertz CT molecular complexity index is 1310. The molecule has 0 saturated carbocycles. The molecule has 0 radical (unpaired) electrons. The SMILES string of the molecule is C=C(c1ccc(CCc2ccccc2)cc1)c1sc(N(c2ccc(F)cc2)C(C)C(=C)N)nc1N. The smallest absolute Gasteiger partial charge is 0.193 e. The van der Waals surface area contributed by atoms with Crippen molar-refractivity contribution in [2.45, 2.75) is 25.8 Å². The summed E-state index contributed by atoms with van der Waals surface area (Å²) in [6, 6.07) is 24.8. The van der Waals surface area contributed by atoms with Crippen LogP contribution in [0.4, 0.5) is 21.0 Å². The molecule has 1 heterocycles. The van der Waals surface area contributed by atoms with Crippen LogP contribution in [0, 0.1) is 5.82 Å². The van der Waals surface area contributed by atoms with E-state index in [0.29, 0.717) is 16.6 Å². The molecule has 0 saturated heterocycles. The zero-order valence-corrected chi connectivity index (χ0v) is 20.6. The molecule has 4 nitrogen and oxygen atoms in total. The highest BCUT2D eigenvalue weighted by molar-refractivity contribution is 7.17. The summed E-state index contributed by atoms with van der Waals surface area (Å²) in [7, 11) is 0. The van der Waals surface area contributed by atoms with Crippen LogP contribution in [0.1, 0.15) is 28.5 Å². The van der Waals surface area contributed by atoms with Crippen LogP contribution >= 0.6 is 11.3 Å². The Morgan fingerprint density at radius 3 is 2.14 bits per heavy atom. The summed E-state index contributed by atoms with van der Waals surface area (Å²) < 4.78 is 13.5. The molecule has 4 aromatic rings. The molecule has 0 bridgehead atoms. The van der Waals surface area contributed by atoms with Gasteiger partial charge in [0.2, 0.25) is 0 Å². The zero-order chi connectivity index (χ0) is 24.9. The molecular formula is C29H29FN4S.